The fourth-order valence-electron chi connectivity index (χ4n) is 2.63. The normalized spacial score (nSPS) is 16.8. The lowest BCUT2D eigenvalue weighted by Crippen LogP contribution is -2.50. The molecule has 0 radical (unpaired) electrons. The number of amides is 1. The third-order valence-electron chi connectivity index (χ3n) is 3.97. The first-order valence-corrected chi connectivity index (χ1v) is 9.33. The average molecular weight is 418 g/mol. The molecule has 0 spiro atoms. The molecule has 0 bridgehead atoms. The first-order chi connectivity index (χ1) is 14.7. The Bertz CT molecular complexity index is 844. The summed E-state index contributed by atoms with van der Waals surface area (Å²) in [4.78, 5) is 39.1. The van der Waals surface area contributed by atoms with E-state index in [-0.39, 0.29) is 37.6 Å². The van der Waals surface area contributed by atoms with Gasteiger partial charge in [-0.3, -0.25) is 9.89 Å². The summed E-state index contributed by atoms with van der Waals surface area (Å²) in [5.41, 5.74) is 0.352. The first-order valence-electron chi connectivity index (χ1n) is 9.33. The maximum absolute atomic E-state index is 13.0. The molecule has 12 nitrogen and oxygen atoms in total. The van der Waals surface area contributed by atoms with Crippen molar-refractivity contribution in [1.29, 1.82) is 0 Å². The molecular weight excluding hydrogens is 396 g/mol. The highest BCUT2D eigenvalue weighted by molar-refractivity contribution is 6.44. The molecule has 1 aliphatic rings. The van der Waals surface area contributed by atoms with Crippen molar-refractivity contribution in [3.05, 3.63) is 36.4 Å². The van der Waals surface area contributed by atoms with E-state index in [2.05, 4.69) is 25.3 Å². The number of carbonyl (C=O) groups is 2. The van der Waals surface area contributed by atoms with E-state index >= 15 is 0 Å². The van der Waals surface area contributed by atoms with Crippen molar-refractivity contribution < 1.29 is 28.6 Å². The summed E-state index contributed by atoms with van der Waals surface area (Å²) in [7, 11) is 0. The summed E-state index contributed by atoms with van der Waals surface area (Å²) in [6.07, 6.45) is 4.27. The van der Waals surface area contributed by atoms with E-state index < -0.39 is 18.5 Å². The van der Waals surface area contributed by atoms with Gasteiger partial charge in [-0.15, -0.1) is 0 Å². The summed E-state index contributed by atoms with van der Waals surface area (Å²) in [5.74, 6) is -0.975. The molecule has 0 aliphatic carbocycles. The molecule has 1 amide bonds. The number of aromatic amines is 1. The standard InChI is InChI=1S/C18H22N6O6/c1-2-27-15(25)12-30-23-16(14-4-7-21-22-14)17(26)24-8-9-28-13(10-24)11-29-18-19-5-3-6-20-18/h3-7,13H,2,8-12H2,1H3,(H,21,22)/b23-16+. The Morgan fingerprint density at radius 1 is 1.33 bits per heavy atom. The number of morpholine rings is 1. The molecule has 2 aromatic rings. The number of hydrogen-bond acceptors (Lipinski definition) is 10. The summed E-state index contributed by atoms with van der Waals surface area (Å²) >= 11 is 0. The molecule has 1 aliphatic heterocycles. The zero-order valence-electron chi connectivity index (χ0n) is 16.4. The highest BCUT2D eigenvalue weighted by atomic mass is 16.7. The minimum absolute atomic E-state index is 0.00948. The van der Waals surface area contributed by atoms with Crippen LogP contribution in [-0.4, -0.2) is 88.3 Å². The van der Waals surface area contributed by atoms with Crippen LogP contribution in [0.5, 0.6) is 6.01 Å². The van der Waals surface area contributed by atoms with Crippen molar-refractivity contribution in [2.45, 2.75) is 13.0 Å². The number of ether oxygens (including phenoxy) is 3. The van der Waals surface area contributed by atoms with Crippen LogP contribution in [0.1, 0.15) is 12.6 Å². The van der Waals surface area contributed by atoms with Crippen LogP contribution in [0.3, 0.4) is 0 Å². The monoisotopic (exact) mass is 418 g/mol. The molecular formula is C18H22N6O6. The van der Waals surface area contributed by atoms with Crippen molar-refractivity contribution >= 4 is 17.6 Å². The number of hydrogen-bond donors (Lipinski definition) is 1. The van der Waals surface area contributed by atoms with Gasteiger partial charge in [0.2, 0.25) is 6.61 Å². The Morgan fingerprint density at radius 3 is 2.90 bits per heavy atom. The van der Waals surface area contributed by atoms with Crippen LogP contribution in [-0.2, 0) is 23.9 Å². The minimum Gasteiger partial charge on any atom is -0.463 e. The van der Waals surface area contributed by atoms with E-state index in [0.29, 0.717) is 18.8 Å². The van der Waals surface area contributed by atoms with Crippen molar-refractivity contribution in [3.8, 4) is 6.01 Å². The van der Waals surface area contributed by atoms with Crippen LogP contribution >= 0.6 is 0 Å². The summed E-state index contributed by atoms with van der Waals surface area (Å²) < 4.78 is 16.0. The second kappa shape index (κ2) is 10.9. The van der Waals surface area contributed by atoms with Crippen molar-refractivity contribution in [2.75, 3.05) is 39.5 Å². The van der Waals surface area contributed by atoms with Crippen LogP contribution in [0.15, 0.2) is 35.9 Å². The van der Waals surface area contributed by atoms with E-state index in [9.17, 15) is 9.59 Å². The molecule has 1 unspecified atom stereocenters. The zero-order chi connectivity index (χ0) is 21.2. The van der Waals surface area contributed by atoms with E-state index in [0.717, 1.165) is 0 Å². The van der Waals surface area contributed by atoms with Crippen LogP contribution in [0.25, 0.3) is 0 Å². The molecule has 1 atom stereocenters. The number of oxime groups is 1. The van der Waals surface area contributed by atoms with E-state index in [1.165, 1.54) is 6.20 Å². The molecule has 1 N–H and O–H groups in total. The lowest BCUT2D eigenvalue weighted by Gasteiger charge is -2.32. The van der Waals surface area contributed by atoms with Gasteiger partial charge in [0.25, 0.3) is 5.91 Å². The topological polar surface area (TPSA) is 141 Å². The van der Waals surface area contributed by atoms with Crippen LogP contribution in [0.4, 0.5) is 0 Å². The minimum atomic E-state index is -0.579. The maximum Gasteiger partial charge on any atom is 0.347 e. The quantitative estimate of drug-likeness (QED) is 0.332. The predicted octanol–water partition coefficient (Wildman–Crippen LogP) is -0.210. The second-order valence-electron chi connectivity index (χ2n) is 6.08. The van der Waals surface area contributed by atoms with Gasteiger partial charge in [0, 0.05) is 25.1 Å². The maximum atomic E-state index is 13.0. The summed E-state index contributed by atoms with van der Waals surface area (Å²) in [6.45, 7) is 2.65. The van der Waals surface area contributed by atoms with Gasteiger partial charge in [0.05, 0.1) is 25.5 Å². The molecule has 160 valence electrons. The molecule has 0 saturated carbocycles. The van der Waals surface area contributed by atoms with Gasteiger partial charge in [-0.2, -0.15) is 5.10 Å². The predicted molar refractivity (Wildman–Crippen MR) is 102 cm³/mol. The van der Waals surface area contributed by atoms with E-state index in [1.54, 1.807) is 36.4 Å². The molecule has 3 rings (SSSR count). The smallest absolute Gasteiger partial charge is 0.347 e. The molecule has 30 heavy (non-hydrogen) atoms. The van der Waals surface area contributed by atoms with Gasteiger partial charge in [0.1, 0.15) is 12.7 Å². The molecule has 1 saturated heterocycles. The molecule has 1 fully saturated rings. The lowest BCUT2D eigenvalue weighted by atomic mass is 10.2. The summed E-state index contributed by atoms with van der Waals surface area (Å²) in [6, 6.07) is 3.50. The number of carbonyl (C=O) groups excluding carboxylic acids is 2. The van der Waals surface area contributed by atoms with Crippen molar-refractivity contribution in [2.24, 2.45) is 5.16 Å². The SMILES string of the molecule is CCOC(=O)CO/N=C(/C(=O)N1CCOC(COc2ncccn2)C1)c1ccn[nH]1. The Morgan fingerprint density at radius 2 is 2.17 bits per heavy atom. The third-order valence-corrected chi connectivity index (χ3v) is 3.97. The highest BCUT2D eigenvalue weighted by Gasteiger charge is 2.29. The molecule has 3 heterocycles. The summed E-state index contributed by atoms with van der Waals surface area (Å²) in [5, 5.41) is 10.4. The van der Waals surface area contributed by atoms with Gasteiger partial charge in [-0.25, -0.2) is 14.8 Å². The van der Waals surface area contributed by atoms with Crippen LogP contribution in [0.2, 0.25) is 0 Å². The number of esters is 1. The fraction of sp³-hybridized carbons (Fsp3) is 0.444. The number of H-pyrrole nitrogens is 1. The van der Waals surface area contributed by atoms with Gasteiger partial charge in [-0.05, 0) is 19.1 Å². The Labute approximate surface area is 172 Å². The average Bonchev–Trinajstić information content (AvgIpc) is 3.30. The number of rotatable bonds is 9. The van der Waals surface area contributed by atoms with Crippen LogP contribution < -0.4 is 4.74 Å². The Kier molecular flexibility index (Phi) is 7.66. The number of nitrogens with zero attached hydrogens (tertiary/aromatic N) is 5. The lowest BCUT2D eigenvalue weighted by molar-refractivity contribution is -0.148. The van der Waals surface area contributed by atoms with E-state index in [1.807, 2.05) is 0 Å². The van der Waals surface area contributed by atoms with Crippen molar-refractivity contribution in [1.82, 2.24) is 25.1 Å². The van der Waals surface area contributed by atoms with Gasteiger partial charge >= 0.3 is 12.0 Å². The van der Waals surface area contributed by atoms with Gasteiger partial charge in [-0.1, -0.05) is 5.16 Å². The fourth-order valence-corrected chi connectivity index (χ4v) is 2.63. The molecule has 12 heteroatoms. The molecule has 2 aromatic heterocycles. The zero-order valence-corrected chi connectivity index (χ0v) is 16.4. The Balaban J connectivity index is 1.62. The largest absolute Gasteiger partial charge is 0.463 e. The van der Waals surface area contributed by atoms with Crippen LogP contribution in [0, 0.1) is 0 Å². The van der Waals surface area contributed by atoms with Gasteiger partial charge < -0.3 is 23.9 Å². The third kappa shape index (κ3) is 5.98. The molecule has 0 aromatic carbocycles. The van der Waals surface area contributed by atoms with Crippen molar-refractivity contribution in [3.63, 3.8) is 0 Å². The number of nitrogens with one attached hydrogen (secondary N) is 1. The highest BCUT2D eigenvalue weighted by Crippen LogP contribution is 2.11. The van der Waals surface area contributed by atoms with Gasteiger partial charge in [0.15, 0.2) is 5.71 Å². The Hall–Kier alpha value is -3.54. The first kappa shape index (κ1) is 21.2. The second-order valence-corrected chi connectivity index (χ2v) is 6.08. The number of aromatic nitrogens is 4. The van der Waals surface area contributed by atoms with E-state index in [4.69, 9.17) is 19.0 Å².